The Morgan fingerprint density at radius 3 is 2.79 bits per heavy atom. The van der Waals surface area contributed by atoms with Gasteiger partial charge in [0.15, 0.2) is 0 Å². The van der Waals surface area contributed by atoms with Crippen molar-refractivity contribution in [1.82, 2.24) is 14.9 Å². The zero-order valence-corrected chi connectivity index (χ0v) is 12.0. The van der Waals surface area contributed by atoms with Crippen molar-refractivity contribution in [3.8, 4) is 0 Å². The fourth-order valence-electron chi connectivity index (χ4n) is 3.14. The molecule has 0 aromatic carbocycles. The molecular weight excluding hydrogens is 260 g/mol. The van der Waals surface area contributed by atoms with E-state index in [-0.39, 0.29) is 0 Å². The van der Waals surface area contributed by atoms with Gasteiger partial charge >= 0.3 is 0 Å². The van der Waals surface area contributed by atoms with Crippen molar-refractivity contribution in [2.24, 2.45) is 0 Å². The second kappa shape index (κ2) is 6.06. The number of hydrogen-bond donors (Lipinski definition) is 0. The lowest BCUT2D eigenvalue weighted by Crippen LogP contribution is -2.41. The average molecular weight is 281 g/mol. The van der Waals surface area contributed by atoms with Crippen LogP contribution in [0, 0.1) is 0 Å². The second-order valence-electron chi connectivity index (χ2n) is 5.49. The molecule has 5 heteroatoms. The number of halogens is 1. The van der Waals surface area contributed by atoms with E-state index < -0.39 is 0 Å². The van der Waals surface area contributed by atoms with E-state index in [9.17, 15) is 0 Å². The molecule has 4 nitrogen and oxygen atoms in total. The molecule has 2 aliphatic rings. The van der Waals surface area contributed by atoms with Gasteiger partial charge in [-0.05, 0) is 32.4 Å². The van der Waals surface area contributed by atoms with Crippen LogP contribution in [0.15, 0.2) is 12.4 Å². The van der Waals surface area contributed by atoms with E-state index >= 15 is 0 Å². The summed E-state index contributed by atoms with van der Waals surface area (Å²) in [6.07, 6.45) is 8.96. The summed E-state index contributed by atoms with van der Waals surface area (Å²) < 4.78 is 0. The molecule has 1 unspecified atom stereocenters. The maximum absolute atomic E-state index is 5.83. The van der Waals surface area contributed by atoms with Crippen molar-refractivity contribution in [2.45, 2.75) is 37.6 Å². The van der Waals surface area contributed by atoms with Gasteiger partial charge in [0.05, 0.1) is 17.8 Å². The molecule has 0 spiro atoms. The Bertz CT molecular complexity index is 420. The van der Waals surface area contributed by atoms with Crippen molar-refractivity contribution in [1.29, 1.82) is 0 Å². The third kappa shape index (κ3) is 3.00. The van der Waals surface area contributed by atoms with Crippen molar-refractivity contribution in [2.75, 3.05) is 31.1 Å². The summed E-state index contributed by atoms with van der Waals surface area (Å²) in [7, 11) is 0. The molecule has 2 aliphatic heterocycles. The smallest absolute Gasteiger partial charge is 0.147 e. The maximum atomic E-state index is 5.83. The van der Waals surface area contributed by atoms with Crippen LogP contribution in [-0.2, 0) is 5.88 Å². The van der Waals surface area contributed by atoms with E-state index in [0.717, 1.165) is 24.6 Å². The van der Waals surface area contributed by atoms with E-state index in [0.29, 0.717) is 11.9 Å². The molecule has 0 amide bonds. The van der Waals surface area contributed by atoms with Crippen molar-refractivity contribution in [3.63, 3.8) is 0 Å². The SMILES string of the molecule is ClCc1cncc(N2CCC(N3CCCCC3)C2)n1. The van der Waals surface area contributed by atoms with Gasteiger partial charge in [-0.25, -0.2) is 4.98 Å². The first-order chi connectivity index (χ1) is 9.36. The first-order valence-electron chi connectivity index (χ1n) is 7.22. The monoisotopic (exact) mass is 280 g/mol. The Hall–Kier alpha value is -0.870. The zero-order chi connectivity index (χ0) is 13.1. The molecule has 1 aromatic heterocycles. The van der Waals surface area contributed by atoms with Crippen LogP contribution in [0.1, 0.15) is 31.4 Å². The number of aromatic nitrogens is 2. The van der Waals surface area contributed by atoms with Crippen LogP contribution in [0.25, 0.3) is 0 Å². The molecule has 3 rings (SSSR count). The van der Waals surface area contributed by atoms with Crippen molar-refractivity contribution >= 4 is 17.4 Å². The van der Waals surface area contributed by atoms with Gasteiger partial charge in [0, 0.05) is 25.3 Å². The van der Waals surface area contributed by atoms with Gasteiger partial charge < -0.3 is 4.90 Å². The van der Waals surface area contributed by atoms with Crippen LogP contribution in [-0.4, -0.2) is 47.1 Å². The molecule has 0 saturated carbocycles. The Kier molecular flexibility index (Phi) is 4.18. The van der Waals surface area contributed by atoms with Crippen LogP contribution in [0.3, 0.4) is 0 Å². The van der Waals surface area contributed by atoms with E-state index in [1.54, 1.807) is 6.20 Å². The largest absolute Gasteiger partial charge is 0.354 e. The summed E-state index contributed by atoms with van der Waals surface area (Å²) in [6, 6.07) is 0.696. The van der Waals surface area contributed by atoms with E-state index in [4.69, 9.17) is 11.6 Å². The van der Waals surface area contributed by atoms with E-state index in [1.165, 1.54) is 38.8 Å². The van der Waals surface area contributed by atoms with Crippen LogP contribution >= 0.6 is 11.6 Å². The fraction of sp³-hybridized carbons (Fsp3) is 0.714. The predicted octanol–water partition coefficient (Wildman–Crippen LogP) is 2.28. The highest BCUT2D eigenvalue weighted by Crippen LogP contribution is 2.23. The molecule has 3 heterocycles. The number of alkyl halides is 1. The molecule has 2 fully saturated rings. The summed E-state index contributed by atoms with van der Waals surface area (Å²) in [4.78, 5) is 13.8. The normalized spacial score (nSPS) is 24.9. The molecule has 1 aromatic rings. The van der Waals surface area contributed by atoms with E-state index in [2.05, 4.69) is 19.8 Å². The summed E-state index contributed by atoms with van der Waals surface area (Å²) >= 11 is 5.83. The summed E-state index contributed by atoms with van der Waals surface area (Å²) in [5.41, 5.74) is 0.862. The number of anilines is 1. The second-order valence-corrected chi connectivity index (χ2v) is 5.75. The number of hydrogen-bond acceptors (Lipinski definition) is 4. The minimum Gasteiger partial charge on any atom is -0.354 e. The molecule has 0 bridgehead atoms. The predicted molar refractivity (Wildman–Crippen MR) is 77.6 cm³/mol. The van der Waals surface area contributed by atoms with Gasteiger partial charge in [0.25, 0.3) is 0 Å². The van der Waals surface area contributed by atoms with Crippen molar-refractivity contribution in [3.05, 3.63) is 18.1 Å². The van der Waals surface area contributed by atoms with Gasteiger partial charge in [-0.3, -0.25) is 9.88 Å². The quantitative estimate of drug-likeness (QED) is 0.795. The topological polar surface area (TPSA) is 32.3 Å². The third-order valence-electron chi connectivity index (χ3n) is 4.20. The van der Waals surface area contributed by atoms with Crippen LogP contribution in [0.2, 0.25) is 0 Å². The molecule has 0 aliphatic carbocycles. The molecular formula is C14H21ClN4. The first kappa shape index (κ1) is 13.1. The highest BCUT2D eigenvalue weighted by atomic mass is 35.5. The van der Waals surface area contributed by atoms with Gasteiger partial charge in [-0.1, -0.05) is 6.42 Å². The lowest BCUT2D eigenvalue weighted by molar-refractivity contribution is 0.175. The molecule has 1 atom stereocenters. The lowest BCUT2D eigenvalue weighted by atomic mass is 10.1. The van der Waals surface area contributed by atoms with Gasteiger partial charge in [0.1, 0.15) is 5.82 Å². The number of likely N-dealkylation sites (tertiary alicyclic amines) is 1. The number of rotatable bonds is 3. The van der Waals surface area contributed by atoms with Crippen molar-refractivity contribution < 1.29 is 0 Å². The van der Waals surface area contributed by atoms with Gasteiger partial charge in [-0.15, -0.1) is 11.6 Å². The van der Waals surface area contributed by atoms with E-state index in [1.807, 2.05) is 6.20 Å². The summed E-state index contributed by atoms with van der Waals surface area (Å²) in [6.45, 7) is 4.71. The number of nitrogens with zero attached hydrogens (tertiary/aromatic N) is 4. The zero-order valence-electron chi connectivity index (χ0n) is 11.3. The van der Waals surface area contributed by atoms with Gasteiger partial charge in [0.2, 0.25) is 0 Å². The molecule has 0 N–H and O–H groups in total. The highest BCUT2D eigenvalue weighted by molar-refractivity contribution is 6.16. The van der Waals surface area contributed by atoms with Gasteiger partial charge in [-0.2, -0.15) is 0 Å². The third-order valence-corrected chi connectivity index (χ3v) is 4.48. The maximum Gasteiger partial charge on any atom is 0.147 e. The Balaban J connectivity index is 1.64. The summed E-state index contributed by atoms with van der Waals surface area (Å²) in [5, 5.41) is 0. The van der Waals surface area contributed by atoms with Crippen LogP contribution < -0.4 is 4.90 Å². The molecule has 0 radical (unpaired) electrons. The first-order valence-corrected chi connectivity index (χ1v) is 7.76. The van der Waals surface area contributed by atoms with Crippen LogP contribution in [0.4, 0.5) is 5.82 Å². The molecule has 2 saturated heterocycles. The standard InChI is InChI=1S/C14H21ClN4/c15-8-12-9-16-10-14(17-12)19-7-4-13(11-19)18-5-2-1-3-6-18/h9-10,13H,1-8,11H2. The molecule has 19 heavy (non-hydrogen) atoms. The fourth-order valence-corrected chi connectivity index (χ4v) is 3.27. The lowest BCUT2D eigenvalue weighted by Gasteiger charge is -2.32. The van der Waals surface area contributed by atoms with Crippen LogP contribution in [0.5, 0.6) is 0 Å². The minimum atomic E-state index is 0.435. The summed E-state index contributed by atoms with van der Waals surface area (Å²) in [5.74, 6) is 1.42. The Labute approximate surface area is 119 Å². The highest BCUT2D eigenvalue weighted by Gasteiger charge is 2.29. The Morgan fingerprint density at radius 1 is 1.16 bits per heavy atom. The average Bonchev–Trinajstić information content (AvgIpc) is 2.98. The molecule has 104 valence electrons. The number of piperidine rings is 1. The Morgan fingerprint density at radius 2 is 2.00 bits per heavy atom. The minimum absolute atomic E-state index is 0.435.